The molecule has 0 aliphatic carbocycles. The SMILES string of the molecule is CCCCCCNC(C)CCCCC. The lowest BCUT2D eigenvalue weighted by molar-refractivity contribution is 0.474. The lowest BCUT2D eigenvalue weighted by atomic mass is 10.1. The Morgan fingerprint density at radius 2 is 1.50 bits per heavy atom. The third kappa shape index (κ3) is 10.0. The lowest BCUT2D eigenvalue weighted by Crippen LogP contribution is -2.26. The van der Waals surface area contributed by atoms with Gasteiger partial charge in [0, 0.05) is 6.04 Å². The Balaban J connectivity index is 3.06. The summed E-state index contributed by atoms with van der Waals surface area (Å²) in [6.07, 6.45) is 10.9. The predicted molar refractivity (Wildman–Crippen MR) is 65.7 cm³/mol. The van der Waals surface area contributed by atoms with Gasteiger partial charge in [0.2, 0.25) is 0 Å². The first-order valence-corrected chi connectivity index (χ1v) is 6.54. The van der Waals surface area contributed by atoms with Gasteiger partial charge in [0.15, 0.2) is 0 Å². The van der Waals surface area contributed by atoms with E-state index in [1.54, 1.807) is 0 Å². The van der Waals surface area contributed by atoms with Gasteiger partial charge in [0.05, 0.1) is 0 Å². The van der Waals surface area contributed by atoms with Crippen LogP contribution in [-0.4, -0.2) is 12.6 Å². The van der Waals surface area contributed by atoms with E-state index in [2.05, 4.69) is 26.1 Å². The van der Waals surface area contributed by atoms with E-state index in [9.17, 15) is 0 Å². The molecule has 0 saturated carbocycles. The summed E-state index contributed by atoms with van der Waals surface area (Å²) >= 11 is 0. The van der Waals surface area contributed by atoms with Crippen molar-refractivity contribution in [3.63, 3.8) is 0 Å². The quantitative estimate of drug-likeness (QED) is 0.522. The Morgan fingerprint density at radius 3 is 2.14 bits per heavy atom. The molecule has 0 rings (SSSR count). The highest BCUT2D eigenvalue weighted by molar-refractivity contribution is 4.60. The van der Waals surface area contributed by atoms with Crippen molar-refractivity contribution in [1.29, 1.82) is 0 Å². The van der Waals surface area contributed by atoms with Crippen molar-refractivity contribution < 1.29 is 0 Å². The fourth-order valence-electron chi connectivity index (χ4n) is 1.70. The van der Waals surface area contributed by atoms with E-state index in [0.29, 0.717) is 0 Å². The maximum Gasteiger partial charge on any atom is 0.00387 e. The van der Waals surface area contributed by atoms with Crippen LogP contribution in [0.2, 0.25) is 0 Å². The van der Waals surface area contributed by atoms with Crippen LogP contribution in [-0.2, 0) is 0 Å². The first-order valence-electron chi connectivity index (χ1n) is 6.54. The van der Waals surface area contributed by atoms with Gasteiger partial charge in [-0.1, -0.05) is 52.4 Å². The monoisotopic (exact) mass is 199 g/mol. The van der Waals surface area contributed by atoms with Crippen molar-refractivity contribution in [1.82, 2.24) is 5.32 Å². The topological polar surface area (TPSA) is 12.0 Å². The lowest BCUT2D eigenvalue weighted by Gasteiger charge is -2.13. The molecule has 1 atom stereocenters. The summed E-state index contributed by atoms with van der Waals surface area (Å²) in [7, 11) is 0. The zero-order chi connectivity index (χ0) is 10.6. The molecule has 14 heavy (non-hydrogen) atoms. The van der Waals surface area contributed by atoms with Crippen LogP contribution in [0.15, 0.2) is 0 Å². The molecule has 0 amide bonds. The molecule has 1 unspecified atom stereocenters. The third-order valence-electron chi connectivity index (χ3n) is 2.76. The molecule has 0 aromatic heterocycles. The van der Waals surface area contributed by atoms with Crippen LogP contribution in [0.3, 0.4) is 0 Å². The van der Waals surface area contributed by atoms with E-state index >= 15 is 0 Å². The van der Waals surface area contributed by atoms with Gasteiger partial charge >= 0.3 is 0 Å². The van der Waals surface area contributed by atoms with Crippen molar-refractivity contribution in [3.8, 4) is 0 Å². The minimum absolute atomic E-state index is 0.725. The van der Waals surface area contributed by atoms with Crippen molar-refractivity contribution in [2.24, 2.45) is 0 Å². The second-order valence-corrected chi connectivity index (χ2v) is 4.41. The fraction of sp³-hybridized carbons (Fsp3) is 1.00. The molecule has 1 nitrogen and oxygen atoms in total. The Morgan fingerprint density at radius 1 is 0.857 bits per heavy atom. The number of unbranched alkanes of at least 4 members (excludes halogenated alkanes) is 5. The standard InChI is InChI=1S/C13H29N/c1-4-6-8-10-12-14-13(3)11-9-7-5-2/h13-14H,4-12H2,1-3H3. The highest BCUT2D eigenvalue weighted by atomic mass is 14.9. The second kappa shape index (κ2) is 11.0. The molecule has 0 saturated heterocycles. The van der Waals surface area contributed by atoms with Crippen molar-refractivity contribution in [2.75, 3.05) is 6.54 Å². The third-order valence-corrected chi connectivity index (χ3v) is 2.76. The predicted octanol–water partition coefficient (Wildman–Crippen LogP) is 4.13. The summed E-state index contributed by atoms with van der Waals surface area (Å²) in [5.41, 5.74) is 0. The summed E-state index contributed by atoms with van der Waals surface area (Å²) in [4.78, 5) is 0. The Labute approximate surface area is 90.7 Å². The molecule has 0 aliphatic heterocycles. The van der Waals surface area contributed by atoms with Gasteiger partial charge in [-0.2, -0.15) is 0 Å². The average molecular weight is 199 g/mol. The molecule has 0 aromatic carbocycles. The first kappa shape index (κ1) is 14.0. The number of hydrogen-bond donors (Lipinski definition) is 1. The average Bonchev–Trinajstić information content (AvgIpc) is 2.18. The molecule has 0 bridgehead atoms. The second-order valence-electron chi connectivity index (χ2n) is 4.41. The molecule has 0 radical (unpaired) electrons. The summed E-state index contributed by atoms with van der Waals surface area (Å²) in [5.74, 6) is 0. The molecule has 0 heterocycles. The van der Waals surface area contributed by atoms with E-state index in [0.717, 1.165) is 6.04 Å². The molecular weight excluding hydrogens is 170 g/mol. The van der Waals surface area contributed by atoms with Crippen molar-refractivity contribution in [3.05, 3.63) is 0 Å². The normalized spacial score (nSPS) is 13.1. The van der Waals surface area contributed by atoms with Crippen LogP contribution in [0.4, 0.5) is 0 Å². The Bertz CT molecular complexity index is 101. The van der Waals surface area contributed by atoms with E-state index in [4.69, 9.17) is 0 Å². The Hall–Kier alpha value is -0.0400. The van der Waals surface area contributed by atoms with Gasteiger partial charge in [0.25, 0.3) is 0 Å². The minimum Gasteiger partial charge on any atom is -0.314 e. The maximum atomic E-state index is 3.60. The summed E-state index contributed by atoms with van der Waals surface area (Å²) in [6.45, 7) is 8.06. The summed E-state index contributed by atoms with van der Waals surface area (Å²) < 4.78 is 0. The van der Waals surface area contributed by atoms with Crippen LogP contribution in [0.25, 0.3) is 0 Å². The molecule has 0 aromatic rings. The first-order chi connectivity index (χ1) is 6.81. The van der Waals surface area contributed by atoms with Gasteiger partial charge in [-0.15, -0.1) is 0 Å². The van der Waals surface area contributed by atoms with E-state index < -0.39 is 0 Å². The minimum atomic E-state index is 0.725. The number of rotatable bonds is 10. The van der Waals surface area contributed by atoms with Crippen LogP contribution in [0, 0.1) is 0 Å². The van der Waals surface area contributed by atoms with Gasteiger partial charge < -0.3 is 5.32 Å². The molecular formula is C13H29N. The maximum absolute atomic E-state index is 3.60. The number of hydrogen-bond acceptors (Lipinski definition) is 1. The highest BCUT2D eigenvalue weighted by Gasteiger charge is 1.99. The zero-order valence-electron chi connectivity index (χ0n) is 10.4. The molecule has 0 spiro atoms. The molecule has 0 fully saturated rings. The molecule has 1 N–H and O–H groups in total. The highest BCUT2D eigenvalue weighted by Crippen LogP contribution is 2.03. The largest absolute Gasteiger partial charge is 0.314 e. The molecule has 86 valence electrons. The number of nitrogens with one attached hydrogen (secondary N) is 1. The van der Waals surface area contributed by atoms with Crippen molar-refractivity contribution in [2.45, 2.75) is 78.2 Å². The van der Waals surface area contributed by atoms with Gasteiger partial charge in [-0.05, 0) is 26.3 Å². The van der Waals surface area contributed by atoms with Gasteiger partial charge in [-0.3, -0.25) is 0 Å². The Kier molecular flexibility index (Phi) is 11.0. The van der Waals surface area contributed by atoms with Crippen LogP contribution < -0.4 is 5.32 Å². The van der Waals surface area contributed by atoms with Gasteiger partial charge in [-0.25, -0.2) is 0 Å². The van der Waals surface area contributed by atoms with Gasteiger partial charge in [0.1, 0.15) is 0 Å². The van der Waals surface area contributed by atoms with Crippen molar-refractivity contribution >= 4 is 0 Å². The fourth-order valence-corrected chi connectivity index (χ4v) is 1.70. The zero-order valence-corrected chi connectivity index (χ0v) is 10.4. The van der Waals surface area contributed by atoms with Crippen LogP contribution in [0.1, 0.15) is 72.1 Å². The van der Waals surface area contributed by atoms with Crippen LogP contribution in [0.5, 0.6) is 0 Å². The molecule has 1 heteroatoms. The smallest absolute Gasteiger partial charge is 0.00387 e. The summed E-state index contributed by atoms with van der Waals surface area (Å²) in [6, 6.07) is 0.725. The van der Waals surface area contributed by atoms with Crippen LogP contribution >= 0.6 is 0 Å². The summed E-state index contributed by atoms with van der Waals surface area (Å²) in [5, 5.41) is 3.60. The molecule has 0 aliphatic rings. The van der Waals surface area contributed by atoms with E-state index in [-0.39, 0.29) is 0 Å². The van der Waals surface area contributed by atoms with E-state index in [1.165, 1.54) is 57.9 Å². The van der Waals surface area contributed by atoms with E-state index in [1.807, 2.05) is 0 Å².